The summed E-state index contributed by atoms with van der Waals surface area (Å²) < 4.78 is 40.0. The smallest absolute Gasteiger partial charge is 0.288 e. The van der Waals surface area contributed by atoms with Crippen molar-refractivity contribution in [3.8, 4) is 0 Å². The first kappa shape index (κ1) is 15.7. The zero-order valence-electron chi connectivity index (χ0n) is 12.1. The number of alkyl halides is 2. The molecule has 24 heavy (non-hydrogen) atoms. The average molecular weight is 336 g/mol. The molecule has 0 saturated carbocycles. The van der Waals surface area contributed by atoms with Crippen molar-refractivity contribution in [2.24, 2.45) is 0 Å². The summed E-state index contributed by atoms with van der Waals surface area (Å²) in [6.07, 6.45) is 2.46. The Kier molecular flexibility index (Phi) is 4.27. The van der Waals surface area contributed by atoms with E-state index in [0.717, 1.165) is 17.8 Å². The number of benzene rings is 1. The molecule has 0 fully saturated rings. The van der Waals surface area contributed by atoms with E-state index in [2.05, 4.69) is 20.5 Å². The summed E-state index contributed by atoms with van der Waals surface area (Å²) in [5.41, 5.74) is 0.481. The number of anilines is 1. The number of nitrogens with one attached hydrogen (secondary N) is 1. The first-order chi connectivity index (χ1) is 11.5. The summed E-state index contributed by atoms with van der Waals surface area (Å²) in [7, 11) is 0. The first-order valence-corrected chi connectivity index (χ1v) is 6.80. The zero-order valence-corrected chi connectivity index (χ0v) is 12.1. The van der Waals surface area contributed by atoms with Gasteiger partial charge in [0, 0.05) is 6.20 Å². The molecule has 0 aliphatic heterocycles. The van der Waals surface area contributed by atoms with Gasteiger partial charge in [0.05, 0.1) is 6.54 Å². The predicted octanol–water partition coefficient (Wildman–Crippen LogP) is 2.31. The summed E-state index contributed by atoms with van der Waals surface area (Å²) in [5.74, 6) is -1.18. The van der Waals surface area contributed by atoms with Gasteiger partial charge in [0.25, 0.3) is 5.91 Å². The molecule has 2 heterocycles. The number of carbonyl (C=O) groups is 1. The molecule has 10 heteroatoms. The SMILES string of the molecule is O=C(Nc1ncn(Cc2ccc(F)cc2)n1)c1ccnn1C(F)F. The molecule has 0 aliphatic rings. The van der Waals surface area contributed by atoms with Crippen LogP contribution in [0.25, 0.3) is 0 Å². The van der Waals surface area contributed by atoms with Crippen LogP contribution in [0.2, 0.25) is 0 Å². The van der Waals surface area contributed by atoms with Crippen molar-refractivity contribution >= 4 is 11.9 Å². The Labute approximate surface area is 133 Å². The lowest BCUT2D eigenvalue weighted by atomic mass is 10.2. The van der Waals surface area contributed by atoms with Gasteiger partial charge >= 0.3 is 6.55 Å². The average Bonchev–Trinajstić information content (AvgIpc) is 3.19. The maximum atomic E-state index is 12.9. The number of halogens is 3. The van der Waals surface area contributed by atoms with Gasteiger partial charge in [-0.05, 0) is 23.8 Å². The molecule has 0 atom stereocenters. The minimum atomic E-state index is -2.93. The van der Waals surface area contributed by atoms with E-state index in [1.807, 2.05) is 0 Å². The molecule has 0 saturated heterocycles. The molecule has 0 radical (unpaired) electrons. The first-order valence-electron chi connectivity index (χ1n) is 6.80. The summed E-state index contributed by atoms with van der Waals surface area (Å²) in [5, 5.41) is 9.71. The van der Waals surface area contributed by atoms with Crippen LogP contribution in [0.4, 0.5) is 19.1 Å². The third-order valence-electron chi connectivity index (χ3n) is 3.11. The van der Waals surface area contributed by atoms with Crippen molar-refractivity contribution in [3.63, 3.8) is 0 Å². The second kappa shape index (κ2) is 6.52. The van der Waals surface area contributed by atoms with Crippen LogP contribution in [0.5, 0.6) is 0 Å². The Morgan fingerprint density at radius 1 is 1.21 bits per heavy atom. The molecule has 2 aromatic heterocycles. The quantitative estimate of drug-likeness (QED) is 0.776. The molecule has 1 N–H and O–H groups in total. The highest BCUT2D eigenvalue weighted by molar-refractivity contribution is 6.01. The molecule has 3 rings (SSSR count). The molecule has 1 aromatic carbocycles. The van der Waals surface area contributed by atoms with E-state index in [1.165, 1.54) is 23.1 Å². The third-order valence-corrected chi connectivity index (χ3v) is 3.11. The Bertz CT molecular complexity index is 842. The normalized spacial score (nSPS) is 11.0. The Morgan fingerprint density at radius 2 is 1.96 bits per heavy atom. The molecule has 1 amide bonds. The van der Waals surface area contributed by atoms with Crippen LogP contribution < -0.4 is 5.32 Å². The molecule has 124 valence electrons. The summed E-state index contributed by atoms with van der Waals surface area (Å²) in [6, 6.07) is 6.99. The van der Waals surface area contributed by atoms with Crippen LogP contribution in [-0.4, -0.2) is 30.5 Å². The molecule has 3 aromatic rings. The lowest BCUT2D eigenvalue weighted by molar-refractivity contribution is 0.0520. The van der Waals surface area contributed by atoms with Gasteiger partial charge in [0.15, 0.2) is 0 Å². The van der Waals surface area contributed by atoms with E-state index in [0.29, 0.717) is 11.2 Å². The van der Waals surface area contributed by atoms with E-state index in [1.54, 1.807) is 12.1 Å². The fraction of sp³-hybridized carbons (Fsp3) is 0.143. The largest absolute Gasteiger partial charge is 0.333 e. The molecule has 0 aliphatic carbocycles. The number of rotatable bonds is 5. The molecule has 0 unspecified atom stereocenters. The van der Waals surface area contributed by atoms with Gasteiger partial charge in [0.2, 0.25) is 5.95 Å². The van der Waals surface area contributed by atoms with Crippen LogP contribution in [0.1, 0.15) is 22.6 Å². The van der Waals surface area contributed by atoms with Gasteiger partial charge in [-0.2, -0.15) is 18.6 Å². The van der Waals surface area contributed by atoms with Gasteiger partial charge in [-0.15, -0.1) is 5.10 Å². The molecular formula is C14H11F3N6O. The highest BCUT2D eigenvalue weighted by atomic mass is 19.3. The van der Waals surface area contributed by atoms with E-state index >= 15 is 0 Å². The number of hydrogen-bond acceptors (Lipinski definition) is 4. The van der Waals surface area contributed by atoms with Crippen LogP contribution in [0.3, 0.4) is 0 Å². The number of amides is 1. The van der Waals surface area contributed by atoms with E-state index in [-0.39, 0.29) is 17.5 Å². The lowest BCUT2D eigenvalue weighted by Gasteiger charge is -2.05. The second-order valence-corrected chi connectivity index (χ2v) is 4.79. The van der Waals surface area contributed by atoms with Crippen LogP contribution >= 0.6 is 0 Å². The maximum Gasteiger partial charge on any atom is 0.333 e. The minimum absolute atomic E-state index is 0.0378. The molecule has 0 spiro atoms. The summed E-state index contributed by atoms with van der Waals surface area (Å²) in [6.45, 7) is -2.61. The van der Waals surface area contributed by atoms with Gasteiger partial charge in [-0.25, -0.2) is 14.1 Å². The Morgan fingerprint density at radius 3 is 2.67 bits per heavy atom. The fourth-order valence-corrected chi connectivity index (χ4v) is 2.02. The van der Waals surface area contributed by atoms with E-state index in [9.17, 15) is 18.0 Å². The minimum Gasteiger partial charge on any atom is -0.288 e. The highest BCUT2D eigenvalue weighted by Crippen LogP contribution is 2.13. The van der Waals surface area contributed by atoms with Crippen LogP contribution in [0.15, 0.2) is 42.9 Å². The zero-order chi connectivity index (χ0) is 17.1. The van der Waals surface area contributed by atoms with Crippen molar-refractivity contribution in [1.29, 1.82) is 0 Å². The summed E-state index contributed by atoms with van der Waals surface area (Å²) >= 11 is 0. The number of carbonyl (C=O) groups excluding carboxylic acids is 1. The van der Waals surface area contributed by atoms with Crippen molar-refractivity contribution in [2.45, 2.75) is 13.1 Å². The Balaban J connectivity index is 1.68. The third kappa shape index (κ3) is 3.42. The summed E-state index contributed by atoms with van der Waals surface area (Å²) in [4.78, 5) is 15.9. The number of hydrogen-bond donors (Lipinski definition) is 1. The van der Waals surface area contributed by atoms with Gasteiger partial charge in [-0.1, -0.05) is 12.1 Å². The van der Waals surface area contributed by atoms with Crippen LogP contribution in [0, 0.1) is 5.82 Å². The molecule has 0 bridgehead atoms. The fourth-order valence-electron chi connectivity index (χ4n) is 2.02. The molecule has 7 nitrogen and oxygen atoms in total. The number of nitrogens with zero attached hydrogens (tertiary/aromatic N) is 5. The van der Waals surface area contributed by atoms with Crippen molar-refractivity contribution in [3.05, 3.63) is 59.9 Å². The standard InChI is InChI=1S/C14H11F3N6O/c15-10-3-1-9(2-4-10)7-22-8-18-14(21-22)20-12(24)11-5-6-19-23(11)13(16)17/h1-6,8,13H,7H2,(H,20,21,24). The number of aromatic nitrogens is 5. The topological polar surface area (TPSA) is 77.6 Å². The maximum absolute atomic E-state index is 12.9. The van der Waals surface area contributed by atoms with Crippen LogP contribution in [-0.2, 0) is 6.54 Å². The Hall–Kier alpha value is -3.17. The van der Waals surface area contributed by atoms with E-state index in [4.69, 9.17) is 0 Å². The van der Waals surface area contributed by atoms with E-state index < -0.39 is 12.5 Å². The lowest BCUT2D eigenvalue weighted by Crippen LogP contribution is -2.19. The van der Waals surface area contributed by atoms with Crippen molar-refractivity contribution in [2.75, 3.05) is 5.32 Å². The highest BCUT2D eigenvalue weighted by Gasteiger charge is 2.19. The van der Waals surface area contributed by atoms with Gasteiger partial charge in [0.1, 0.15) is 17.8 Å². The molecular weight excluding hydrogens is 325 g/mol. The predicted molar refractivity (Wildman–Crippen MR) is 77.0 cm³/mol. The van der Waals surface area contributed by atoms with Crippen molar-refractivity contribution < 1.29 is 18.0 Å². The van der Waals surface area contributed by atoms with Crippen molar-refractivity contribution in [1.82, 2.24) is 24.5 Å². The van der Waals surface area contributed by atoms with Gasteiger partial charge < -0.3 is 0 Å². The second-order valence-electron chi connectivity index (χ2n) is 4.79. The monoisotopic (exact) mass is 336 g/mol. The van der Waals surface area contributed by atoms with Gasteiger partial charge in [-0.3, -0.25) is 10.1 Å².